The number of carboxylic acid groups (broad SMARTS) is 1. The van der Waals surface area contributed by atoms with E-state index < -0.39 is 5.97 Å². The first-order valence-corrected chi connectivity index (χ1v) is 4.51. The van der Waals surface area contributed by atoms with Crippen molar-refractivity contribution in [3.05, 3.63) is 91.1 Å². The standard InChI is InChI=1S/C4H6O2.6C2H4/c1-3(2)4(5)6;6*1-2/h1H2,2H3,(H,5,6);6*1-2H2/p-1. The highest BCUT2D eigenvalue weighted by molar-refractivity contribution is 5.82. The summed E-state index contributed by atoms with van der Waals surface area (Å²) < 4.78 is 0. The van der Waals surface area contributed by atoms with Crippen LogP contribution in [-0.4, -0.2) is 5.97 Å². The number of aliphatic carboxylic acids is 1. The van der Waals surface area contributed by atoms with Gasteiger partial charge in [0.1, 0.15) is 0 Å². The molecule has 0 N–H and O–H groups in total. The monoisotopic (exact) mass is 253 g/mol. The summed E-state index contributed by atoms with van der Waals surface area (Å²) in [6.07, 6.45) is 0. The van der Waals surface area contributed by atoms with E-state index in [0.29, 0.717) is 0 Å². The van der Waals surface area contributed by atoms with Crippen molar-refractivity contribution in [1.82, 2.24) is 0 Å². The Morgan fingerprint density at radius 2 is 0.722 bits per heavy atom. The minimum atomic E-state index is -1.19. The minimum absolute atomic E-state index is 0.0648. The molecule has 0 amide bonds. The first kappa shape index (κ1) is 44.9. The molecule has 0 aliphatic rings. The quantitative estimate of drug-likeness (QED) is 0.521. The van der Waals surface area contributed by atoms with Crippen molar-refractivity contribution in [3.63, 3.8) is 0 Å². The molecule has 0 saturated carbocycles. The van der Waals surface area contributed by atoms with Crippen LogP contribution in [0.15, 0.2) is 91.1 Å². The molecule has 0 unspecified atom stereocenters. The van der Waals surface area contributed by atoms with Crippen LogP contribution in [0.1, 0.15) is 6.92 Å². The van der Waals surface area contributed by atoms with E-state index in [9.17, 15) is 9.90 Å². The fourth-order valence-corrected chi connectivity index (χ4v) is 0. The molecule has 0 bridgehead atoms. The highest BCUT2D eigenvalue weighted by Gasteiger charge is 1.76. The van der Waals surface area contributed by atoms with E-state index >= 15 is 0 Å². The lowest BCUT2D eigenvalue weighted by Gasteiger charge is -1.93. The molecule has 0 aliphatic carbocycles. The molecule has 0 radical (unpaired) electrons. The van der Waals surface area contributed by atoms with Crippen molar-refractivity contribution in [2.45, 2.75) is 6.92 Å². The molecule has 0 spiro atoms. The van der Waals surface area contributed by atoms with E-state index in [4.69, 9.17) is 0 Å². The third kappa shape index (κ3) is 802. The molecular weight excluding hydrogens is 224 g/mol. The van der Waals surface area contributed by atoms with Crippen molar-refractivity contribution in [2.24, 2.45) is 0 Å². The molecule has 2 nitrogen and oxygen atoms in total. The highest BCUT2D eigenvalue weighted by atomic mass is 16.4. The number of hydrogen-bond donors (Lipinski definition) is 0. The Morgan fingerprint density at radius 1 is 0.667 bits per heavy atom. The highest BCUT2D eigenvalue weighted by Crippen LogP contribution is 1.77. The van der Waals surface area contributed by atoms with E-state index in [1.807, 2.05) is 0 Å². The summed E-state index contributed by atoms with van der Waals surface area (Å²) in [7, 11) is 0. The zero-order chi connectivity index (χ0) is 17.2. The molecular formula is C16H29O2-. The maximum Gasteiger partial charge on any atom is 0.0666 e. The lowest BCUT2D eigenvalue weighted by atomic mass is 10.4. The number of carboxylic acids is 1. The van der Waals surface area contributed by atoms with E-state index in [0.717, 1.165) is 0 Å². The van der Waals surface area contributed by atoms with Gasteiger partial charge < -0.3 is 9.90 Å². The van der Waals surface area contributed by atoms with Crippen molar-refractivity contribution < 1.29 is 9.90 Å². The largest absolute Gasteiger partial charge is 0.545 e. The number of carbonyl (C=O) groups excluding carboxylic acids is 1. The number of carbonyl (C=O) groups is 1. The molecule has 0 atom stereocenters. The van der Waals surface area contributed by atoms with Crippen LogP contribution in [0.4, 0.5) is 0 Å². The molecule has 0 aromatic rings. The third-order valence-corrected chi connectivity index (χ3v) is 0.348. The molecule has 2 heteroatoms. The van der Waals surface area contributed by atoms with Crippen molar-refractivity contribution in [1.29, 1.82) is 0 Å². The Labute approximate surface area is 114 Å². The Hall–Kier alpha value is -2.35. The minimum Gasteiger partial charge on any atom is -0.545 e. The first-order chi connectivity index (χ1) is 8.64. The van der Waals surface area contributed by atoms with Gasteiger partial charge in [-0.05, 0) is 12.5 Å². The Balaban J connectivity index is -0.0000000174. The maximum absolute atomic E-state index is 9.49. The molecule has 0 aromatic carbocycles. The second-order valence-corrected chi connectivity index (χ2v) is 1.07. The van der Waals surface area contributed by atoms with E-state index in [1.54, 1.807) is 0 Å². The van der Waals surface area contributed by atoms with Crippen LogP contribution in [0.5, 0.6) is 0 Å². The molecule has 0 aromatic heterocycles. The molecule has 0 rings (SSSR count). The SMILES string of the molecule is C=C.C=C.C=C.C=C.C=C.C=C.C=C(C)C(=O)[O-]. The average molecular weight is 253 g/mol. The molecule has 0 fully saturated rings. The average Bonchev–Trinajstić information content (AvgIpc) is 2.51. The molecule has 18 heavy (non-hydrogen) atoms. The van der Waals surface area contributed by atoms with Gasteiger partial charge in [-0.1, -0.05) is 6.58 Å². The maximum atomic E-state index is 9.49. The Morgan fingerprint density at radius 3 is 0.722 bits per heavy atom. The van der Waals surface area contributed by atoms with Crippen molar-refractivity contribution >= 4 is 5.97 Å². The predicted octanol–water partition coefficient (Wildman–Crippen LogP) is 4.13. The summed E-state index contributed by atoms with van der Waals surface area (Å²) in [5, 5.41) is 9.49. The molecule has 106 valence electrons. The van der Waals surface area contributed by atoms with E-state index in [-0.39, 0.29) is 5.57 Å². The smallest absolute Gasteiger partial charge is 0.0666 e. The molecule has 0 saturated heterocycles. The summed E-state index contributed by atoms with van der Waals surface area (Å²) in [6, 6.07) is 0. The van der Waals surface area contributed by atoms with E-state index in [1.165, 1.54) is 6.92 Å². The van der Waals surface area contributed by atoms with Crippen LogP contribution in [0.3, 0.4) is 0 Å². The Kier molecular flexibility index (Phi) is 511. The topological polar surface area (TPSA) is 40.1 Å². The fraction of sp³-hybridized carbons (Fsp3) is 0.0625. The number of rotatable bonds is 1. The van der Waals surface area contributed by atoms with Gasteiger partial charge in [0.25, 0.3) is 0 Å². The normalized spacial score (nSPS) is 3.83. The zero-order valence-corrected chi connectivity index (χ0v) is 12.0. The van der Waals surface area contributed by atoms with Crippen molar-refractivity contribution in [3.8, 4) is 0 Å². The summed E-state index contributed by atoms with van der Waals surface area (Å²) in [5.41, 5.74) is 0.0648. The summed E-state index contributed by atoms with van der Waals surface area (Å²) in [6.45, 7) is 40.5. The van der Waals surface area contributed by atoms with Crippen LogP contribution >= 0.6 is 0 Å². The van der Waals surface area contributed by atoms with Gasteiger partial charge in [0.15, 0.2) is 0 Å². The predicted molar refractivity (Wildman–Crippen MR) is 87.3 cm³/mol. The van der Waals surface area contributed by atoms with Crippen LogP contribution < -0.4 is 5.11 Å². The zero-order valence-electron chi connectivity index (χ0n) is 12.0. The number of hydrogen-bond acceptors (Lipinski definition) is 2. The van der Waals surface area contributed by atoms with Gasteiger partial charge in [0, 0.05) is 0 Å². The third-order valence-electron chi connectivity index (χ3n) is 0.348. The van der Waals surface area contributed by atoms with Crippen LogP contribution in [-0.2, 0) is 4.79 Å². The Bertz CT molecular complexity index is 124. The van der Waals surface area contributed by atoms with Gasteiger partial charge in [-0.2, -0.15) is 0 Å². The summed E-state index contributed by atoms with van der Waals surface area (Å²) >= 11 is 0. The van der Waals surface area contributed by atoms with Crippen LogP contribution in [0, 0.1) is 0 Å². The van der Waals surface area contributed by atoms with Gasteiger partial charge in [-0.15, -0.1) is 78.9 Å². The molecule has 0 aliphatic heterocycles. The van der Waals surface area contributed by atoms with Crippen molar-refractivity contribution in [2.75, 3.05) is 0 Å². The second-order valence-electron chi connectivity index (χ2n) is 1.07. The van der Waals surface area contributed by atoms with E-state index in [2.05, 4.69) is 85.5 Å². The van der Waals surface area contributed by atoms with Crippen LogP contribution in [0.2, 0.25) is 0 Å². The van der Waals surface area contributed by atoms with Gasteiger partial charge in [0.2, 0.25) is 0 Å². The fourth-order valence-electron chi connectivity index (χ4n) is 0. The summed E-state index contributed by atoms with van der Waals surface area (Å²) in [5.74, 6) is -1.19. The second kappa shape index (κ2) is 205. The van der Waals surface area contributed by atoms with Gasteiger partial charge in [-0.3, -0.25) is 0 Å². The first-order valence-electron chi connectivity index (χ1n) is 4.51. The summed E-state index contributed by atoms with van der Waals surface area (Å²) in [4.78, 5) is 9.49. The molecule has 0 heterocycles. The van der Waals surface area contributed by atoms with Gasteiger partial charge in [0.05, 0.1) is 5.97 Å². The van der Waals surface area contributed by atoms with Gasteiger partial charge in [-0.25, -0.2) is 0 Å². The van der Waals surface area contributed by atoms with Gasteiger partial charge >= 0.3 is 0 Å². The lowest BCUT2D eigenvalue weighted by Crippen LogP contribution is -2.22. The lowest BCUT2D eigenvalue weighted by molar-refractivity contribution is -0.299. The van der Waals surface area contributed by atoms with Crippen LogP contribution in [0.25, 0.3) is 0 Å².